The second-order valence-electron chi connectivity index (χ2n) is 7.29. The number of H-pyrrole nitrogens is 1. The first-order valence-electron chi connectivity index (χ1n) is 9.91. The van der Waals surface area contributed by atoms with Crippen molar-refractivity contribution in [1.82, 2.24) is 19.9 Å². The maximum atomic E-state index is 12.6. The molecule has 1 aliphatic heterocycles. The summed E-state index contributed by atoms with van der Waals surface area (Å²) >= 11 is 1.65. The number of aromatic amines is 1. The highest BCUT2D eigenvalue weighted by molar-refractivity contribution is 7.99. The van der Waals surface area contributed by atoms with Crippen molar-refractivity contribution in [1.29, 1.82) is 0 Å². The summed E-state index contributed by atoms with van der Waals surface area (Å²) in [6.07, 6.45) is 2.38. The number of thioether (sulfide) groups is 1. The molecule has 1 fully saturated rings. The zero-order chi connectivity index (χ0) is 20.2. The Balaban J connectivity index is 1.43. The summed E-state index contributed by atoms with van der Waals surface area (Å²) in [5.74, 6) is 2.35. The van der Waals surface area contributed by atoms with Crippen LogP contribution in [0.1, 0.15) is 23.2 Å². The van der Waals surface area contributed by atoms with E-state index in [1.165, 1.54) is 12.8 Å². The van der Waals surface area contributed by atoms with E-state index in [4.69, 9.17) is 4.98 Å². The van der Waals surface area contributed by atoms with Gasteiger partial charge in [-0.05, 0) is 37.1 Å². The number of nitrogens with one attached hydrogen (secondary N) is 2. The van der Waals surface area contributed by atoms with Crippen LogP contribution in [0.4, 0.5) is 11.6 Å². The first-order chi connectivity index (χ1) is 14.1. The Hall–Kier alpha value is -2.74. The van der Waals surface area contributed by atoms with Crippen LogP contribution in [0.3, 0.4) is 0 Å². The maximum Gasteiger partial charge on any atom is 0.257 e. The van der Waals surface area contributed by atoms with Crippen LogP contribution in [0.2, 0.25) is 0 Å². The molecule has 3 heterocycles. The lowest BCUT2D eigenvalue weighted by Crippen LogP contribution is -2.25. The van der Waals surface area contributed by atoms with Crippen LogP contribution in [-0.2, 0) is 0 Å². The van der Waals surface area contributed by atoms with Gasteiger partial charge in [0.1, 0.15) is 11.6 Å². The molecule has 1 aromatic carbocycles. The highest BCUT2D eigenvalue weighted by atomic mass is 32.2. The normalized spacial score (nSPS) is 13.8. The van der Waals surface area contributed by atoms with Gasteiger partial charge in [0.2, 0.25) is 0 Å². The molecule has 0 bridgehead atoms. The van der Waals surface area contributed by atoms with Crippen molar-refractivity contribution in [2.24, 2.45) is 0 Å². The Morgan fingerprint density at radius 3 is 2.72 bits per heavy atom. The van der Waals surface area contributed by atoms with Gasteiger partial charge in [-0.2, -0.15) is 0 Å². The highest BCUT2D eigenvalue weighted by Crippen LogP contribution is 2.24. The number of pyridine rings is 1. The van der Waals surface area contributed by atoms with Crippen molar-refractivity contribution in [3.05, 3.63) is 42.0 Å². The zero-order valence-electron chi connectivity index (χ0n) is 16.8. The van der Waals surface area contributed by atoms with Gasteiger partial charge in [-0.3, -0.25) is 4.79 Å². The lowest BCUT2D eigenvalue weighted by Gasteiger charge is -2.20. The molecular weight excluding hydrogens is 384 g/mol. The van der Waals surface area contributed by atoms with Crippen molar-refractivity contribution in [3.8, 4) is 0 Å². The van der Waals surface area contributed by atoms with E-state index in [1.807, 2.05) is 36.4 Å². The minimum atomic E-state index is -0.0436. The van der Waals surface area contributed by atoms with Gasteiger partial charge in [0.05, 0.1) is 16.6 Å². The molecule has 1 amide bonds. The second kappa shape index (κ2) is 8.73. The maximum absolute atomic E-state index is 12.6. The Labute approximate surface area is 174 Å². The van der Waals surface area contributed by atoms with Crippen LogP contribution in [0.25, 0.3) is 11.0 Å². The lowest BCUT2D eigenvalue weighted by molar-refractivity contribution is 0.0828. The number of imidazole rings is 1. The van der Waals surface area contributed by atoms with E-state index in [2.05, 4.69) is 20.2 Å². The van der Waals surface area contributed by atoms with E-state index in [0.29, 0.717) is 17.9 Å². The fourth-order valence-electron chi connectivity index (χ4n) is 3.43. The number of carbonyl (C=O) groups is 1. The molecule has 1 saturated heterocycles. The number of hydrogen-bond donors (Lipinski definition) is 2. The molecule has 4 rings (SSSR count). The third kappa shape index (κ3) is 4.48. The minimum Gasteiger partial charge on any atom is -0.368 e. The average molecular weight is 411 g/mol. The van der Waals surface area contributed by atoms with Crippen molar-refractivity contribution in [2.45, 2.75) is 18.0 Å². The molecule has 29 heavy (non-hydrogen) atoms. The largest absolute Gasteiger partial charge is 0.368 e. The summed E-state index contributed by atoms with van der Waals surface area (Å²) in [7, 11) is 3.52. The van der Waals surface area contributed by atoms with E-state index in [9.17, 15) is 4.79 Å². The van der Waals surface area contributed by atoms with Crippen LogP contribution in [0, 0.1) is 0 Å². The molecule has 7 nitrogen and oxygen atoms in total. The van der Waals surface area contributed by atoms with Crippen LogP contribution < -0.4 is 10.2 Å². The van der Waals surface area contributed by atoms with E-state index in [1.54, 1.807) is 30.8 Å². The molecule has 3 aromatic rings. The minimum absolute atomic E-state index is 0.0436. The number of benzene rings is 1. The summed E-state index contributed by atoms with van der Waals surface area (Å²) in [5.41, 5.74) is 2.62. The van der Waals surface area contributed by atoms with Crippen LogP contribution >= 0.6 is 11.8 Å². The molecule has 1 aliphatic rings. The number of carbonyl (C=O) groups excluding carboxylic acids is 1. The third-order valence-corrected chi connectivity index (χ3v) is 5.82. The first kappa shape index (κ1) is 19.6. The summed E-state index contributed by atoms with van der Waals surface area (Å²) < 4.78 is 0. The van der Waals surface area contributed by atoms with Crippen molar-refractivity contribution >= 4 is 40.3 Å². The van der Waals surface area contributed by atoms with Gasteiger partial charge in [-0.1, -0.05) is 23.9 Å². The van der Waals surface area contributed by atoms with Gasteiger partial charge in [0, 0.05) is 39.5 Å². The number of nitrogens with zero attached hydrogens (tertiary/aromatic N) is 4. The third-order valence-electron chi connectivity index (χ3n) is 4.95. The number of amides is 1. The van der Waals surface area contributed by atoms with Crippen molar-refractivity contribution in [2.75, 3.05) is 49.7 Å². The molecule has 2 N–H and O–H groups in total. The number of anilines is 2. The summed E-state index contributed by atoms with van der Waals surface area (Å²) in [4.78, 5) is 29.1. The molecule has 0 aliphatic carbocycles. The van der Waals surface area contributed by atoms with Crippen molar-refractivity contribution < 1.29 is 4.79 Å². The van der Waals surface area contributed by atoms with Crippen LogP contribution in [0.15, 0.2) is 41.6 Å². The first-order valence-corrected chi connectivity index (χ1v) is 10.9. The van der Waals surface area contributed by atoms with E-state index >= 15 is 0 Å². The Morgan fingerprint density at radius 1 is 1.17 bits per heavy atom. The molecule has 152 valence electrons. The van der Waals surface area contributed by atoms with E-state index in [0.717, 1.165) is 40.9 Å². The fraction of sp³-hybridized carbons (Fsp3) is 0.381. The zero-order valence-corrected chi connectivity index (χ0v) is 17.6. The number of rotatable bonds is 7. The summed E-state index contributed by atoms with van der Waals surface area (Å²) in [6.45, 7) is 2.73. The van der Waals surface area contributed by atoms with Crippen molar-refractivity contribution in [3.63, 3.8) is 0 Å². The Kier molecular flexibility index (Phi) is 5.89. The standard InChI is InChI=1S/C21H26N6OS/c1-26(2)20(28)15-9-10-18(27-12-5-6-13-27)25-19(15)22-11-14-29-21-23-16-7-3-4-8-17(16)24-21/h3-4,7-10H,5-6,11-14H2,1-2H3,(H,22,25)(H,23,24). The van der Waals surface area contributed by atoms with Gasteiger partial charge < -0.3 is 20.1 Å². The predicted octanol–water partition coefficient (Wildman–Crippen LogP) is 3.46. The summed E-state index contributed by atoms with van der Waals surface area (Å²) in [5, 5.41) is 4.27. The molecule has 0 saturated carbocycles. The van der Waals surface area contributed by atoms with Gasteiger partial charge in [-0.15, -0.1) is 0 Å². The molecule has 8 heteroatoms. The van der Waals surface area contributed by atoms with Crippen LogP contribution in [-0.4, -0.2) is 65.2 Å². The molecular formula is C21H26N6OS. The topological polar surface area (TPSA) is 77.2 Å². The fourth-order valence-corrected chi connectivity index (χ4v) is 4.18. The molecule has 0 atom stereocenters. The summed E-state index contributed by atoms with van der Waals surface area (Å²) in [6, 6.07) is 11.9. The van der Waals surface area contributed by atoms with Gasteiger partial charge >= 0.3 is 0 Å². The van der Waals surface area contributed by atoms with Crippen LogP contribution in [0.5, 0.6) is 0 Å². The van der Waals surface area contributed by atoms with Gasteiger partial charge in [-0.25, -0.2) is 9.97 Å². The average Bonchev–Trinajstić information content (AvgIpc) is 3.40. The smallest absolute Gasteiger partial charge is 0.257 e. The van der Waals surface area contributed by atoms with E-state index < -0.39 is 0 Å². The molecule has 0 radical (unpaired) electrons. The SMILES string of the molecule is CN(C)C(=O)c1ccc(N2CCCC2)nc1NCCSc1nc2ccccc2[nH]1. The van der Waals surface area contributed by atoms with Gasteiger partial charge in [0.25, 0.3) is 5.91 Å². The number of hydrogen-bond acceptors (Lipinski definition) is 6. The monoisotopic (exact) mass is 410 g/mol. The number of aromatic nitrogens is 3. The predicted molar refractivity (Wildman–Crippen MR) is 119 cm³/mol. The second-order valence-corrected chi connectivity index (χ2v) is 8.38. The lowest BCUT2D eigenvalue weighted by atomic mass is 10.2. The van der Waals surface area contributed by atoms with E-state index in [-0.39, 0.29) is 5.91 Å². The molecule has 0 spiro atoms. The Bertz CT molecular complexity index is 963. The highest BCUT2D eigenvalue weighted by Gasteiger charge is 2.19. The molecule has 0 unspecified atom stereocenters. The number of para-hydroxylation sites is 2. The molecule has 2 aromatic heterocycles. The Morgan fingerprint density at radius 2 is 1.97 bits per heavy atom. The van der Waals surface area contributed by atoms with Gasteiger partial charge in [0.15, 0.2) is 5.16 Å². The number of fused-ring (bicyclic) bond motifs is 1. The quantitative estimate of drug-likeness (QED) is 0.459.